The Morgan fingerprint density at radius 2 is 2.35 bits per heavy atom. The number of carbonyl (C=O) groups excluding carboxylic acids is 1. The molecule has 0 atom stereocenters. The van der Waals surface area contributed by atoms with E-state index in [2.05, 4.69) is 11.4 Å². The van der Waals surface area contributed by atoms with Gasteiger partial charge >= 0.3 is 0 Å². The zero-order valence-electron chi connectivity index (χ0n) is 11.6. The lowest BCUT2D eigenvalue weighted by Crippen LogP contribution is -2.25. The lowest BCUT2D eigenvalue weighted by Gasteiger charge is -2.16. The van der Waals surface area contributed by atoms with Crippen LogP contribution in [0.1, 0.15) is 28.1 Å². The van der Waals surface area contributed by atoms with E-state index in [-0.39, 0.29) is 17.6 Å². The summed E-state index contributed by atoms with van der Waals surface area (Å²) in [6.45, 7) is 1.18. The van der Waals surface area contributed by atoms with Gasteiger partial charge < -0.3 is 20.7 Å². The molecule has 0 aromatic carbocycles. The molecule has 2 rings (SSSR count). The summed E-state index contributed by atoms with van der Waals surface area (Å²) in [4.78, 5) is 14.4. The van der Waals surface area contributed by atoms with Gasteiger partial charge in [-0.3, -0.25) is 4.79 Å². The van der Waals surface area contributed by atoms with Gasteiger partial charge in [-0.05, 0) is 12.8 Å². The second-order valence-electron chi connectivity index (χ2n) is 4.80. The molecule has 1 saturated carbocycles. The zero-order valence-corrected chi connectivity index (χ0v) is 12.4. The molecule has 0 bridgehead atoms. The minimum absolute atomic E-state index is 0.183. The van der Waals surface area contributed by atoms with Crippen LogP contribution in [0.2, 0.25) is 0 Å². The molecule has 1 aromatic rings. The first-order valence-electron chi connectivity index (χ1n) is 6.41. The van der Waals surface area contributed by atoms with Gasteiger partial charge in [-0.1, -0.05) is 0 Å². The van der Waals surface area contributed by atoms with Crippen LogP contribution >= 0.6 is 11.3 Å². The molecule has 1 fully saturated rings. The maximum Gasteiger partial charge on any atom is 0.263 e. The number of likely N-dealkylation sites (N-methyl/N-ethyl adjacent to an activating group) is 1. The Hall–Kier alpha value is -1.78. The maximum atomic E-state index is 12.1. The first-order valence-corrected chi connectivity index (χ1v) is 7.23. The van der Waals surface area contributed by atoms with Gasteiger partial charge in [0.25, 0.3) is 5.91 Å². The van der Waals surface area contributed by atoms with Crippen molar-refractivity contribution >= 4 is 27.9 Å². The quantitative estimate of drug-likeness (QED) is 0.822. The van der Waals surface area contributed by atoms with Crippen molar-refractivity contribution in [3.8, 4) is 6.07 Å². The molecule has 1 heterocycles. The Kier molecular flexibility index (Phi) is 4.47. The second kappa shape index (κ2) is 6.11. The number of nitrogens with two attached hydrogens (primary N) is 1. The summed E-state index contributed by atoms with van der Waals surface area (Å²) in [5, 5.41) is 12.9. The number of amides is 1. The maximum absolute atomic E-state index is 12.1. The lowest BCUT2D eigenvalue weighted by atomic mass is 10.2. The van der Waals surface area contributed by atoms with Crippen LogP contribution in [0.25, 0.3) is 0 Å². The fourth-order valence-electron chi connectivity index (χ4n) is 1.79. The lowest BCUT2D eigenvalue weighted by molar-refractivity contribution is 0.0956. The minimum atomic E-state index is -0.183. The van der Waals surface area contributed by atoms with E-state index >= 15 is 0 Å². The van der Waals surface area contributed by atoms with Gasteiger partial charge in [0, 0.05) is 26.7 Å². The molecule has 1 aliphatic rings. The smallest absolute Gasteiger partial charge is 0.263 e. The van der Waals surface area contributed by atoms with E-state index in [9.17, 15) is 10.1 Å². The number of nitrogens with one attached hydrogen (secondary N) is 1. The summed E-state index contributed by atoms with van der Waals surface area (Å²) < 4.78 is 5.02. The number of nitrogens with zero attached hydrogens (tertiary/aromatic N) is 2. The molecule has 7 heteroatoms. The van der Waals surface area contributed by atoms with Gasteiger partial charge in [0.1, 0.15) is 21.5 Å². The SMILES string of the molecule is COCCN(C)c1sc(C(=O)NC2CC2)c(N)c1C#N. The molecular formula is C13H18N4O2S. The van der Waals surface area contributed by atoms with Gasteiger partial charge in [0.2, 0.25) is 0 Å². The van der Waals surface area contributed by atoms with Gasteiger partial charge in [-0.25, -0.2) is 0 Å². The van der Waals surface area contributed by atoms with E-state index in [1.807, 2.05) is 11.9 Å². The predicted octanol–water partition coefficient (Wildman–Crippen LogP) is 1.18. The number of hydrogen-bond acceptors (Lipinski definition) is 6. The highest BCUT2D eigenvalue weighted by atomic mass is 32.1. The van der Waals surface area contributed by atoms with Crippen molar-refractivity contribution in [1.82, 2.24) is 5.32 Å². The van der Waals surface area contributed by atoms with E-state index in [1.165, 1.54) is 11.3 Å². The van der Waals surface area contributed by atoms with Crippen molar-refractivity contribution in [2.45, 2.75) is 18.9 Å². The standard InChI is InChI=1S/C13H18N4O2S/c1-17(5-6-19-2)13-9(7-14)10(15)11(20-13)12(18)16-8-3-4-8/h8H,3-6,15H2,1-2H3,(H,16,18). The molecule has 0 saturated heterocycles. The average Bonchev–Trinajstić information content (AvgIpc) is 3.17. The average molecular weight is 294 g/mol. The summed E-state index contributed by atoms with van der Waals surface area (Å²) in [7, 11) is 3.48. The van der Waals surface area contributed by atoms with Crippen LogP contribution in [-0.4, -0.2) is 39.3 Å². The molecule has 0 radical (unpaired) electrons. The van der Waals surface area contributed by atoms with Gasteiger partial charge in [-0.2, -0.15) is 5.26 Å². The number of anilines is 2. The highest BCUT2D eigenvalue weighted by Gasteiger charge is 2.28. The summed E-state index contributed by atoms with van der Waals surface area (Å²) in [5.74, 6) is -0.183. The topological polar surface area (TPSA) is 91.4 Å². The highest BCUT2D eigenvalue weighted by molar-refractivity contribution is 7.19. The third kappa shape index (κ3) is 3.03. The normalized spacial score (nSPS) is 13.8. The molecule has 0 unspecified atom stereocenters. The van der Waals surface area contributed by atoms with Crippen LogP contribution in [0.5, 0.6) is 0 Å². The van der Waals surface area contributed by atoms with Crippen LogP contribution in [0.15, 0.2) is 0 Å². The van der Waals surface area contributed by atoms with Crippen LogP contribution in [0.4, 0.5) is 10.7 Å². The van der Waals surface area contributed by atoms with Crippen LogP contribution in [0.3, 0.4) is 0 Å². The number of rotatable bonds is 6. The number of methoxy groups -OCH3 is 1. The molecule has 1 aliphatic carbocycles. The van der Waals surface area contributed by atoms with E-state index in [0.29, 0.717) is 28.6 Å². The van der Waals surface area contributed by atoms with E-state index in [4.69, 9.17) is 10.5 Å². The van der Waals surface area contributed by atoms with Crippen molar-refractivity contribution < 1.29 is 9.53 Å². The molecule has 0 aliphatic heterocycles. The summed E-state index contributed by atoms with van der Waals surface area (Å²) in [6.07, 6.45) is 2.03. The highest BCUT2D eigenvalue weighted by Crippen LogP contribution is 2.37. The number of nitrogen functional groups attached to an aromatic ring is 1. The molecule has 3 N–H and O–H groups in total. The van der Waals surface area contributed by atoms with E-state index < -0.39 is 0 Å². The fourth-order valence-corrected chi connectivity index (χ4v) is 2.85. The fraction of sp³-hybridized carbons (Fsp3) is 0.538. The summed E-state index contributed by atoms with van der Waals surface area (Å²) in [6, 6.07) is 2.36. The van der Waals surface area contributed by atoms with Gasteiger partial charge in [0.05, 0.1) is 12.3 Å². The molecule has 1 amide bonds. The van der Waals surface area contributed by atoms with Crippen molar-refractivity contribution in [2.75, 3.05) is 37.9 Å². The Morgan fingerprint density at radius 1 is 1.65 bits per heavy atom. The van der Waals surface area contributed by atoms with E-state index in [1.54, 1.807) is 7.11 Å². The summed E-state index contributed by atoms with van der Waals surface area (Å²) >= 11 is 1.26. The van der Waals surface area contributed by atoms with Crippen molar-refractivity contribution in [2.24, 2.45) is 0 Å². The molecule has 6 nitrogen and oxygen atoms in total. The third-order valence-electron chi connectivity index (χ3n) is 3.13. The minimum Gasteiger partial charge on any atom is -0.396 e. The second-order valence-corrected chi connectivity index (χ2v) is 5.80. The molecule has 108 valence electrons. The largest absolute Gasteiger partial charge is 0.396 e. The molecule has 20 heavy (non-hydrogen) atoms. The first kappa shape index (κ1) is 14.6. The van der Waals surface area contributed by atoms with Crippen molar-refractivity contribution in [3.63, 3.8) is 0 Å². The summed E-state index contributed by atoms with van der Waals surface area (Å²) in [5.41, 5.74) is 6.59. The Labute approximate surface area is 122 Å². The molecular weight excluding hydrogens is 276 g/mol. The zero-order chi connectivity index (χ0) is 14.7. The Balaban J connectivity index is 2.23. The van der Waals surface area contributed by atoms with Gasteiger partial charge in [-0.15, -0.1) is 11.3 Å². The van der Waals surface area contributed by atoms with Crippen LogP contribution in [-0.2, 0) is 4.74 Å². The first-order chi connectivity index (χ1) is 9.58. The molecule has 1 aromatic heterocycles. The van der Waals surface area contributed by atoms with E-state index in [0.717, 1.165) is 12.8 Å². The molecule has 0 spiro atoms. The Morgan fingerprint density at radius 3 is 2.90 bits per heavy atom. The van der Waals surface area contributed by atoms with Crippen LogP contribution < -0.4 is 16.0 Å². The Bertz CT molecular complexity index is 545. The third-order valence-corrected chi connectivity index (χ3v) is 4.45. The number of hydrogen-bond donors (Lipinski definition) is 2. The number of ether oxygens (including phenoxy) is 1. The van der Waals surface area contributed by atoms with Crippen LogP contribution in [0, 0.1) is 11.3 Å². The van der Waals surface area contributed by atoms with Gasteiger partial charge in [0.15, 0.2) is 0 Å². The number of carbonyl (C=O) groups is 1. The number of nitriles is 1. The van der Waals surface area contributed by atoms with Crippen molar-refractivity contribution in [3.05, 3.63) is 10.4 Å². The monoisotopic (exact) mass is 294 g/mol. The predicted molar refractivity (Wildman–Crippen MR) is 79.1 cm³/mol. The number of thiophene rings is 1. The van der Waals surface area contributed by atoms with Crippen molar-refractivity contribution in [1.29, 1.82) is 5.26 Å².